The number of ether oxygens (including phenoxy) is 1. The Balaban J connectivity index is 1.72. The maximum Gasteiger partial charge on any atom is 0.0947 e. The van der Waals surface area contributed by atoms with Crippen molar-refractivity contribution in [3.63, 3.8) is 0 Å². The molecule has 1 aliphatic heterocycles. The summed E-state index contributed by atoms with van der Waals surface area (Å²) in [6, 6.07) is 10.8. The van der Waals surface area contributed by atoms with Gasteiger partial charge in [-0.25, -0.2) is 0 Å². The first-order valence-electron chi connectivity index (χ1n) is 6.07. The van der Waals surface area contributed by atoms with Crippen molar-refractivity contribution in [2.24, 2.45) is 5.92 Å². The van der Waals surface area contributed by atoms with E-state index < -0.39 is 0 Å². The van der Waals surface area contributed by atoms with Gasteiger partial charge in [0.15, 0.2) is 0 Å². The molecule has 0 aromatic heterocycles. The summed E-state index contributed by atoms with van der Waals surface area (Å²) >= 11 is 0. The van der Waals surface area contributed by atoms with E-state index in [-0.39, 0.29) is 0 Å². The lowest BCUT2D eigenvalue weighted by molar-refractivity contribution is 0.158. The van der Waals surface area contributed by atoms with Gasteiger partial charge in [-0.05, 0) is 30.7 Å². The molecule has 2 aliphatic rings. The Morgan fingerprint density at radius 2 is 2.00 bits per heavy atom. The quantitative estimate of drug-likeness (QED) is 0.671. The van der Waals surface area contributed by atoms with Gasteiger partial charge < -0.3 is 4.74 Å². The van der Waals surface area contributed by atoms with Crippen LogP contribution in [0.2, 0.25) is 0 Å². The zero-order valence-electron chi connectivity index (χ0n) is 9.11. The third-order valence-electron chi connectivity index (χ3n) is 3.99. The van der Waals surface area contributed by atoms with Crippen molar-refractivity contribution in [3.05, 3.63) is 35.9 Å². The molecule has 0 N–H and O–H groups in total. The van der Waals surface area contributed by atoms with E-state index in [0.29, 0.717) is 5.60 Å². The molecule has 3 rings (SSSR count). The fourth-order valence-corrected chi connectivity index (χ4v) is 2.94. The van der Waals surface area contributed by atoms with E-state index >= 15 is 0 Å². The summed E-state index contributed by atoms with van der Waals surface area (Å²) in [6.07, 6.45) is 6.62. The van der Waals surface area contributed by atoms with E-state index in [4.69, 9.17) is 4.74 Å². The van der Waals surface area contributed by atoms with Crippen molar-refractivity contribution >= 4 is 0 Å². The number of hydrogen-bond acceptors (Lipinski definition) is 1. The van der Waals surface area contributed by atoms with E-state index in [9.17, 15) is 0 Å². The van der Waals surface area contributed by atoms with Gasteiger partial charge in [0, 0.05) is 0 Å². The van der Waals surface area contributed by atoms with Crippen molar-refractivity contribution in [2.45, 2.75) is 37.7 Å². The minimum absolute atomic E-state index is 0.300. The Morgan fingerprint density at radius 3 is 2.73 bits per heavy atom. The molecule has 1 aromatic rings. The lowest BCUT2D eigenvalue weighted by Gasteiger charge is -2.28. The molecular formula is C14H18O. The molecule has 1 saturated carbocycles. The molecule has 2 unspecified atom stereocenters. The molecule has 0 radical (unpaired) electrons. The highest BCUT2D eigenvalue weighted by Crippen LogP contribution is 2.47. The Hall–Kier alpha value is -0.820. The van der Waals surface area contributed by atoms with Crippen molar-refractivity contribution < 1.29 is 4.74 Å². The summed E-state index contributed by atoms with van der Waals surface area (Å²) in [4.78, 5) is 0. The highest BCUT2D eigenvalue weighted by Gasteiger charge is 2.51. The standard InChI is InChI=1S/C14H18O/c1-2-6-12(7-3-1)10-13-8-4-5-9-14(13)11-15-14/h1-3,6-7,13H,4-5,8-11H2. The minimum atomic E-state index is 0.300. The molecule has 2 fully saturated rings. The normalized spacial score (nSPS) is 34.3. The molecule has 1 heterocycles. The Morgan fingerprint density at radius 1 is 1.20 bits per heavy atom. The lowest BCUT2D eigenvalue weighted by atomic mass is 9.76. The number of benzene rings is 1. The summed E-state index contributed by atoms with van der Waals surface area (Å²) in [7, 11) is 0. The number of hydrogen-bond donors (Lipinski definition) is 0. The minimum Gasteiger partial charge on any atom is -0.369 e. The van der Waals surface area contributed by atoms with Gasteiger partial charge in [0.1, 0.15) is 0 Å². The topological polar surface area (TPSA) is 12.5 Å². The molecule has 80 valence electrons. The van der Waals surface area contributed by atoms with Crippen LogP contribution in [0, 0.1) is 5.92 Å². The smallest absolute Gasteiger partial charge is 0.0947 e. The van der Waals surface area contributed by atoms with Gasteiger partial charge in [0.25, 0.3) is 0 Å². The van der Waals surface area contributed by atoms with Gasteiger partial charge in [0.2, 0.25) is 0 Å². The zero-order chi connectivity index (χ0) is 10.1. The van der Waals surface area contributed by atoms with Gasteiger partial charge >= 0.3 is 0 Å². The molecule has 2 atom stereocenters. The van der Waals surface area contributed by atoms with Crippen LogP contribution in [0.3, 0.4) is 0 Å². The second-order valence-electron chi connectivity index (χ2n) is 4.99. The average Bonchev–Trinajstić information content (AvgIpc) is 3.04. The van der Waals surface area contributed by atoms with Crippen molar-refractivity contribution in [2.75, 3.05) is 6.61 Å². The maximum atomic E-state index is 5.72. The molecule has 0 bridgehead atoms. The summed E-state index contributed by atoms with van der Waals surface area (Å²) in [5, 5.41) is 0. The predicted molar refractivity (Wildman–Crippen MR) is 60.8 cm³/mol. The second kappa shape index (κ2) is 3.64. The summed E-state index contributed by atoms with van der Waals surface area (Å²) in [5.41, 5.74) is 1.77. The first kappa shape index (κ1) is 9.41. The molecule has 1 heteroatoms. The second-order valence-corrected chi connectivity index (χ2v) is 4.99. The number of rotatable bonds is 2. The van der Waals surface area contributed by atoms with Crippen molar-refractivity contribution in [3.8, 4) is 0 Å². The van der Waals surface area contributed by atoms with Gasteiger partial charge in [-0.2, -0.15) is 0 Å². The highest BCUT2D eigenvalue weighted by molar-refractivity contribution is 5.17. The lowest BCUT2D eigenvalue weighted by Crippen LogP contribution is -2.29. The van der Waals surface area contributed by atoms with Crippen LogP contribution in [-0.2, 0) is 11.2 Å². The molecule has 1 aliphatic carbocycles. The fraction of sp³-hybridized carbons (Fsp3) is 0.571. The summed E-state index contributed by atoms with van der Waals surface area (Å²) in [6.45, 7) is 1.02. The van der Waals surface area contributed by atoms with Crippen LogP contribution in [0.4, 0.5) is 0 Å². The van der Waals surface area contributed by atoms with E-state index in [2.05, 4.69) is 30.3 Å². The van der Waals surface area contributed by atoms with Gasteiger partial charge in [-0.1, -0.05) is 43.2 Å². The van der Waals surface area contributed by atoms with Crippen LogP contribution in [0.5, 0.6) is 0 Å². The molecular weight excluding hydrogens is 184 g/mol. The van der Waals surface area contributed by atoms with Gasteiger partial charge in [0.05, 0.1) is 12.2 Å². The van der Waals surface area contributed by atoms with Crippen LogP contribution < -0.4 is 0 Å². The van der Waals surface area contributed by atoms with Gasteiger partial charge in [-0.3, -0.25) is 0 Å². The maximum absolute atomic E-state index is 5.72. The van der Waals surface area contributed by atoms with E-state index in [1.165, 1.54) is 37.7 Å². The van der Waals surface area contributed by atoms with Crippen LogP contribution in [-0.4, -0.2) is 12.2 Å². The van der Waals surface area contributed by atoms with Gasteiger partial charge in [-0.15, -0.1) is 0 Å². The molecule has 1 saturated heterocycles. The molecule has 1 nitrogen and oxygen atoms in total. The average molecular weight is 202 g/mol. The third kappa shape index (κ3) is 1.81. The monoisotopic (exact) mass is 202 g/mol. The van der Waals surface area contributed by atoms with Crippen molar-refractivity contribution in [1.29, 1.82) is 0 Å². The first-order chi connectivity index (χ1) is 7.39. The van der Waals surface area contributed by atoms with Crippen LogP contribution in [0.1, 0.15) is 31.2 Å². The SMILES string of the molecule is c1ccc(CC2CCCCC23CO3)cc1. The molecule has 0 amide bonds. The largest absolute Gasteiger partial charge is 0.369 e. The highest BCUT2D eigenvalue weighted by atomic mass is 16.6. The zero-order valence-corrected chi connectivity index (χ0v) is 9.11. The summed E-state index contributed by atoms with van der Waals surface area (Å²) in [5.74, 6) is 0.772. The number of epoxide rings is 1. The van der Waals surface area contributed by atoms with E-state index in [1.807, 2.05) is 0 Å². The first-order valence-corrected chi connectivity index (χ1v) is 6.07. The van der Waals surface area contributed by atoms with Crippen LogP contribution in [0.15, 0.2) is 30.3 Å². The van der Waals surface area contributed by atoms with Crippen molar-refractivity contribution in [1.82, 2.24) is 0 Å². The Bertz CT molecular complexity index is 326. The Kier molecular flexibility index (Phi) is 2.28. The molecule has 15 heavy (non-hydrogen) atoms. The molecule has 1 spiro atoms. The third-order valence-corrected chi connectivity index (χ3v) is 3.99. The Labute approximate surface area is 91.5 Å². The van der Waals surface area contributed by atoms with Crippen LogP contribution in [0.25, 0.3) is 0 Å². The molecule has 1 aromatic carbocycles. The van der Waals surface area contributed by atoms with E-state index in [0.717, 1.165) is 12.5 Å². The summed E-state index contributed by atoms with van der Waals surface area (Å²) < 4.78 is 5.72. The predicted octanol–water partition coefficient (Wildman–Crippen LogP) is 3.19. The fourth-order valence-electron chi connectivity index (χ4n) is 2.94. The van der Waals surface area contributed by atoms with Crippen LogP contribution >= 0.6 is 0 Å². The van der Waals surface area contributed by atoms with E-state index in [1.54, 1.807) is 0 Å².